The number of nitrogens with one attached hydrogen (secondary N) is 1. The quantitative estimate of drug-likeness (QED) is 0.697. The lowest BCUT2D eigenvalue weighted by atomic mass is 10.3. The number of hydrogen-bond donors (Lipinski definition) is 1. The zero-order valence-electron chi connectivity index (χ0n) is 14.7. The van der Waals surface area contributed by atoms with Gasteiger partial charge in [-0.1, -0.05) is 6.07 Å². The number of amides is 2. The Kier molecular flexibility index (Phi) is 4.97. The lowest BCUT2D eigenvalue weighted by Crippen LogP contribution is -2.38. The molecule has 9 nitrogen and oxygen atoms in total. The fraction of sp³-hybridized carbons (Fsp3) is 0.235. The van der Waals surface area contributed by atoms with Crippen LogP contribution in [0.3, 0.4) is 0 Å². The minimum atomic E-state index is -0.482. The van der Waals surface area contributed by atoms with Gasteiger partial charge in [0.1, 0.15) is 24.1 Å². The first kappa shape index (κ1) is 18.2. The zero-order chi connectivity index (χ0) is 19.6. The van der Waals surface area contributed by atoms with Crippen molar-refractivity contribution in [3.05, 3.63) is 53.0 Å². The number of rotatable bonds is 5. The standard InChI is InChI=1S/C17H17FN6O3/c1-22(8-14(25)21-12-5-3-4-11(18)6-12)15(26)9-24-10-19-16-13(17(24)27)7-20-23(16)2/h3-7,10H,8-9H2,1-2H3,(H,21,25). The summed E-state index contributed by atoms with van der Waals surface area (Å²) in [4.78, 5) is 42.0. The topological polar surface area (TPSA) is 102 Å². The fourth-order valence-corrected chi connectivity index (χ4v) is 2.52. The van der Waals surface area contributed by atoms with Crippen molar-refractivity contribution in [3.63, 3.8) is 0 Å². The molecular weight excluding hydrogens is 355 g/mol. The molecule has 0 saturated carbocycles. The van der Waals surface area contributed by atoms with E-state index in [4.69, 9.17) is 0 Å². The lowest BCUT2D eigenvalue weighted by Gasteiger charge is -2.17. The third-order valence-electron chi connectivity index (χ3n) is 3.94. The first-order valence-corrected chi connectivity index (χ1v) is 8.01. The number of aromatic nitrogens is 4. The van der Waals surface area contributed by atoms with Gasteiger partial charge in [-0.05, 0) is 18.2 Å². The van der Waals surface area contributed by atoms with Gasteiger partial charge in [-0.25, -0.2) is 9.37 Å². The van der Waals surface area contributed by atoms with Crippen molar-refractivity contribution < 1.29 is 14.0 Å². The molecule has 0 saturated heterocycles. The Balaban J connectivity index is 1.64. The molecule has 0 radical (unpaired) electrons. The molecule has 2 amide bonds. The summed E-state index contributed by atoms with van der Waals surface area (Å²) in [7, 11) is 3.10. The minimum absolute atomic E-state index is 0.243. The Labute approximate surface area is 153 Å². The molecule has 2 heterocycles. The highest BCUT2D eigenvalue weighted by atomic mass is 19.1. The lowest BCUT2D eigenvalue weighted by molar-refractivity contribution is -0.133. The summed E-state index contributed by atoms with van der Waals surface area (Å²) >= 11 is 0. The number of fused-ring (bicyclic) bond motifs is 1. The average molecular weight is 372 g/mol. The first-order valence-electron chi connectivity index (χ1n) is 8.01. The molecule has 0 atom stereocenters. The van der Waals surface area contributed by atoms with Crippen LogP contribution in [-0.2, 0) is 23.2 Å². The Morgan fingerprint density at radius 1 is 1.33 bits per heavy atom. The Hall–Kier alpha value is -3.56. The molecule has 0 unspecified atom stereocenters. The molecular formula is C17H17FN6O3. The predicted molar refractivity (Wildman–Crippen MR) is 95.4 cm³/mol. The maximum Gasteiger partial charge on any atom is 0.264 e. The number of likely N-dealkylation sites (N-methyl/N-ethyl adjacent to an activating group) is 1. The van der Waals surface area contributed by atoms with E-state index >= 15 is 0 Å². The molecule has 10 heteroatoms. The van der Waals surface area contributed by atoms with Gasteiger partial charge in [0.2, 0.25) is 11.8 Å². The van der Waals surface area contributed by atoms with E-state index in [9.17, 15) is 18.8 Å². The van der Waals surface area contributed by atoms with Crippen LogP contribution in [0.2, 0.25) is 0 Å². The van der Waals surface area contributed by atoms with Crippen LogP contribution >= 0.6 is 0 Å². The van der Waals surface area contributed by atoms with Crippen LogP contribution in [0.5, 0.6) is 0 Å². The van der Waals surface area contributed by atoms with E-state index in [1.165, 1.54) is 53.4 Å². The van der Waals surface area contributed by atoms with Gasteiger partial charge in [0, 0.05) is 19.8 Å². The van der Waals surface area contributed by atoms with Crippen LogP contribution in [0.4, 0.5) is 10.1 Å². The summed E-state index contributed by atoms with van der Waals surface area (Å²) in [5.41, 5.74) is 0.328. The summed E-state index contributed by atoms with van der Waals surface area (Å²) < 4.78 is 15.8. The van der Waals surface area contributed by atoms with E-state index in [2.05, 4.69) is 15.4 Å². The molecule has 140 valence electrons. The summed E-state index contributed by atoms with van der Waals surface area (Å²) in [5.74, 6) is -1.41. The highest BCUT2D eigenvalue weighted by molar-refractivity contribution is 5.94. The van der Waals surface area contributed by atoms with Gasteiger partial charge in [0.05, 0.1) is 12.7 Å². The number of benzene rings is 1. The molecule has 0 aliphatic heterocycles. The summed E-state index contributed by atoms with van der Waals surface area (Å²) in [6, 6.07) is 5.44. The second-order valence-electron chi connectivity index (χ2n) is 5.99. The molecule has 0 fully saturated rings. The third kappa shape index (κ3) is 4.00. The van der Waals surface area contributed by atoms with Crippen molar-refractivity contribution in [1.29, 1.82) is 0 Å². The van der Waals surface area contributed by atoms with Crippen molar-refractivity contribution in [3.8, 4) is 0 Å². The van der Waals surface area contributed by atoms with E-state index in [0.29, 0.717) is 16.7 Å². The number of halogens is 1. The van der Waals surface area contributed by atoms with Crippen LogP contribution < -0.4 is 10.9 Å². The minimum Gasteiger partial charge on any atom is -0.335 e. The Bertz CT molecular complexity index is 1070. The maximum atomic E-state index is 13.1. The number of carbonyl (C=O) groups excluding carboxylic acids is 2. The fourth-order valence-electron chi connectivity index (χ4n) is 2.52. The first-order chi connectivity index (χ1) is 12.8. The third-order valence-corrected chi connectivity index (χ3v) is 3.94. The molecule has 27 heavy (non-hydrogen) atoms. The SMILES string of the molecule is CN(CC(=O)Nc1cccc(F)c1)C(=O)Cn1cnc2c(cnn2C)c1=O. The van der Waals surface area contributed by atoms with Crippen LogP contribution in [-0.4, -0.2) is 49.6 Å². The van der Waals surface area contributed by atoms with Crippen LogP contribution in [0, 0.1) is 5.82 Å². The highest BCUT2D eigenvalue weighted by Gasteiger charge is 2.16. The number of hydrogen-bond acceptors (Lipinski definition) is 5. The molecule has 0 aliphatic rings. The molecule has 1 aromatic carbocycles. The predicted octanol–water partition coefficient (Wildman–Crippen LogP) is 0.366. The summed E-state index contributed by atoms with van der Waals surface area (Å²) in [6.45, 7) is -0.507. The molecule has 0 bridgehead atoms. The molecule has 3 aromatic rings. The van der Waals surface area contributed by atoms with Crippen LogP contribution in [0.1, 0.15) is 0 Å². The molecule has 0 aliphatic carbocycles. The van der Waals surface area contributed by atoms with Gasteiger partial charge < -0.3 is 10.2 Å². The number of aryl methyl sites for hydroxylation is 1. The molecule has 0 spiro atoms. The van der Waals surface area contributed by atoms with Crippen molar-refractivity contribution in [2.24, 2.45) is 7.05 Å². The highest BCUT2D eigenvalue weighted by Crippen LogP contribution is 2.09. The van der Waals surface area contributed by atoms with Crippen molar-refractivity contribution in [2.45, 2.75) is 6.54 Å². The Morgan fingerprint density at radius 2 is 2.11 bits per heavy atom. The smallest absolute Gasteiger partial charge is 0.264 e. The van der Waals surface area contributed by atoms with Crippen LogP contribution in [0.15, 0.2) is 41.6 Å². The summed E-state index contributed by atoms with van der Waals surface area (Å²) in [5, 5.41) is 6.77. The largest absolute Gasteiger partial charge is 0.335 e. The molecule has 1 N–H and O–H groups in total. The van der Waals surface area contributed by atoms with Gasteiger partial charge >= 0.3 is 0 Å². The second kappa shape index (κ2) is 7.36. The van der Waals surface area contributed by atoms with Crippen molar-refractivity contribution in [2.75, 3.05) is 18.9 Å². The van der Waals surface area contributed by atoms with E-state index in [1.807, 2.05) is 0 Å². The van der Waals surface area contributed by atoms with E-state index in [0.717, 1.165) is 4.57 Å². The molecule has 2 aromatic heterocycles. The monoisotopic (exact) mass is 372 g/mol. The van der Waals surface area contributed by atoms with E-state index in [-0.39, 0.29) is 18.6 Å². The van der Waals surface area contributed by atoms with Crippen molar-refractivity contribution >= 4 is 28.5 Å². The number of carbonyl (C=O) groups is 2. The summed E-state index contributed by atoms with van der Waals surface area (Å²) in [6.07, 6.45) is 2.66. The van der Waals surface area contributed by atoms with Crippen molar-refractivity contribution in [1.82, 2.24) is 24.2 Å². The van der Waals surface area contributed by atoms with E-state index < -0.39 is 17.6 Å². The number of anilines is 1. The zero-order valence-corrected chi connectivity index (χ0v) is 14.7. The van der Waals surface area contributed by atoms with Crippen LogP contribution in [0.25, 0.3) is 11.0 Å². The molecule has 3 rings (SSSR count). The van der Waals surface area contributed by atoms with Gasteiger partial charge in [0.15, 0.2) is 5.65 Å². The van der Waals surface area contributed by atoms with Gasteiger partial charge in [0.25, 0.3) is 5.56 Å². The average Bonchev–Trinajstić information content (AvgIpc) is 2.99. The Morgan fingerprint density at radius 3 is 2.85 bits per heavy atom. The van der Waals surface area contributed by atoms with Gasteiger partial charge in [-0.3, -0.25) is 23.6 Å². The normalized spacial score (nSPS) is 10.8. The van der Waals surface area contributed by atoms with E-state index in [1.54, 1.807) is 7.05 Å². The second-order valence-corrected chi connectivity index (χ2v) is 5.99. The maximum absolute atomic E-state index is 13.1. The van der Waals surface area contributed by atoms with Gasteiger partial charge in [-0.2, -0.15) is 5.10 Å². The van der Waals surface area contributed by atoms with Gasteiger partial charge in [-0.15, -0.1) is 0 Å². The number of nitrogens with zero attached hydrogens (tertiary/aromatic N) is 5.